The Morgan fingerprint density at radius 3 is 2.67 bits per heavy atom. The van der Waals surface area contributed by atoms with E-state index in [1.807, 2.05) is 18.2 Å². The summed E-state index contributed by atoms with van der Waals surface area (Å²) in [5, 5.41) is 3.23. The van der Waals surface area contributed by atoms with E-state index in [2.05, 4.69) is 19.2 Å². The molecule has 0 radical (unpaired) electrons. The van der Waals surface area contributed by atoms with Crippen molar-refractivity contribution >= 4 is 11.6 Å². The van der Waals surface area contributed by atoms with Crippen LogP contribution < -0.4 is 11.1 Å². The Morgan fingerprint density at radius 1 is 1.40 bits per heavy atom. The maximum atomic E-state index is 11.1. The highest BCUT2D eigenvalue weighted by Crippen LogP contribution is 2.14. The molecule has 1 aromatic rings. The van der Waals surface area contributed by atoms with Crippen LogP contribution in [0.15, 0.2) is 24.3 Å². The van der Waals surface area contributed by atoms with Crippen molar-refractivity contribution in [3.05, 3.63) is 29.8 Å². The van der Waals surface area contributed by atoms with Crippen molar-refractivity contribution < 1.29 is 4.79 Å². The van der Waals surface area contributed by atoms with Crippen LogP contribution in [-0.2, 0) is 0 Å². The fourth-order valence-corrected chi connectivity index (χ4v) is 1.35. The van der Waals surface area contributed by atoms with E-state index >= 15 is 0 Å². The molecule has 3 nitrogen and oxygen atoms in total. The van der Waals surface area contributed by atoms with Gasteiger partial charge in [-0.2, -0.15) is 0 Å². The molecular weight excluding hydrogens is 188 g/mol. The van der Waals surface area contributed by atoms with Crippen LogP contribution in [0, 0.1) is 5.92 Å². The van der Waals surface area contributed by atoms with Gasteiger partial charge in [0, 0.05) is 12.2 Å². The predicted molar refractivity (Wildman–Crippen MR) is 62.9 cm³/mol. The maximum Gasteiger partial charge on any atom is 0.250 e. The average molecular weight is 206 g/mol. The summed E-state index contributed by atoms with van der Waals surface area (Å²) in [6, 6.07) is 7.32. The third-order valence-corrected chi connectivity index (χ3v) is 2.23. The lowest BCUT2D eigenvalue weighted by Gasteiger charge is -2.10. The average Bonchev–Trinajstić information content (AvgIpc) is 2.17. The SMILES string of the molecule is CC(C)CCNc1ccccc1C(N)=O. The first-order valence-electron chi connectivity index (χ1n) is 5.24. The molecule has 0 atom stereocenters. The number of benzene rings is 1. The lowest BCUT2D eigenvalue weighted by Crippen LogP contribution is -2.15. The number of hydrogen-bond acceptors (Lipinski definition) is 2. The number of carbonyl (C=O) groups is 1. The highest BCUT2D eigenvalue weighted by Gasteiger charge is 2.05. The van der Waals surface area contributed by atoms with Gasteiger partial charge in [0.25, 0.3) is 5.91 Å². The molecule has 3 heteroatoms. The van der Waals surface area contributed by atoms with Gasteiger partial charge in [0.05, 0.1) is 5.56 Å². The first-order valence-corrected chi connectivity index (χ1v) is 5.24. The monoisotopic (exact) mass is 206 g/mol. The molecule has 3 N–H and O–H groups in total. The highest BCUT2D eigenvalue weighted by atomic mass is 16.1. The molecule has 1 aromatic carbocycles. The second-order valence-electron chi connectivity index (χ2n) is 4.02. The van der Waals surface area contributed by atoms with Crippen LogP contribution >= 0.6 is 0 Å². The minimum Gasteiger partial charge on any atom is -0.384 e. The Balaban J connectivity index is 2.63. The number of nitrogens with one attached hydrogen (secondary N) is 1. The summed E-state index contributed by atoms with van der Waals surface area (Å²) >= 11 is 0. The molecule has 1 rings (SSSR count). The molecule has 1 amide bonds. The van der Waals surface area contributed by atoms with Crippen LogP contribution in [0.5, 0.6) is 0 Å². The normalized spacial score (nSPS) is 10.3. The van der Waals surface area contributed by atoms with Gasteiger partial charge >= 0.3 is 0 Å². The Labute approximate surface area is 90.7 Å². The summed E-state index contributed by atoms with van der Waals surface area (Å²) in [4.78, 5) is 11.1. The molecule has 0 saturated heterocycles. The van der Waals surface area contributed by atoms with Gasteiger partial charge in [0.15, 0.2) is 0 Å². The zero-order chi connectivity index (χ0) is 11.3. The molecule has 0 saturated carbocycles. The van der Waals surface area contributed by atoms with Crippen LogP contribution in [0.25, 0.3) is 0 Å². The first-order chi connectivity index (χ1) is 7.11. The van der Waals surface area contributed by atoms with Gasteiger partial charge in [-0.05, 0) is 24.5 Å². The summed E-state index contributed by atoms with van der Waals surface area (Å²) in [7, 11) is 0. The van der Waals surface area contributed by atoms with Gasteiger partial charge in [0.2, 0.25) is 0 Å². The standard InChI is InChI=1S/C12H18N2O/c1-9(2)7-8-14-11-6-4-3-5-10(11)12(13)15/h3-6,9,14H,7-8H2,1-2H3,(H2,13,15). The molecule has 0 bridgehead atoms. The van der Waals surface area contributed by atoms with Crippen LogP contribution in [-0.4, -0.2) is 12.5 Å². The largest absolute Gasteiger partial charge is 0.384 e. The number of nitrogens with two attached hydrogens (primary N) is 1. The van der Waals surface area contributed by atoms with E-state index in [1.54, 1.807) is 6.07 Å². The van der Waals surface area contributed by atoms with Crippen molar-refractivity contribution in [2.24, 2.45) is 11.7 Å². The molecule has 0 aliphatic heterocycles. The summed E-state index contributed by atoms with van der Waals surface area (Å²) in [5.74, 6) is 0.265. The van der Waals surface area contributed by atoms with Crippen LogP contribution in [0.1, 0.15) is 30.6 Å². The summed E-state index contributed by atoms with van der Waals surface area (Å²) < 4.78 is 0. The molecule has 0 fully saturated rings. The molecule has 0 aliphatic carbocycles. The van der Waals surface area contributed by atoms with Crippen molar-refractivity contribution in [3.8, 4) is 0 Å². The van der Waals surface area contributed by atoms with Gasteiger partial charge in [0.1, 0.15) is 0 Å². The molecule has 15 heavy (non-hydrogen) atoms. The second-order valence-corrected chi connectivity index (χ2v) is 4.02. The second kappa shape index (κ2) is 5.39. The van der Waals surface area contributed by atoms with E-state index in [0.29, 0.717) is 11.5 Å². The van der Waals surface area contributed by atoms with E-state index in [-0.39, 0.29) is 5.91 Å². The third-order valence-electron chi connectivity index (χ3n) is 2.23. The third kappa shape index (κ3) is 3.62. The molecular formula is C12H18N2O. The quantitative estimate of drug-likeness (QED) is 0.776. The summed E-state index contributed by atoms with van der Waals surface area (Å²) in [5.41, 5.74) is 6.65. The topological polar surface area (TPSA) is 55.1 Å². The van der Waals surface area contributed by atoms with E-state index in [4.69, 9.17) is 5.73 Å². The van der Waals surface area contributed by atoms with E-state index in [0.717, 1.165) is 18.7 Å². The summed E-state index contributed by atoms with van der Waals surface area (Å²) in [6.07, 6.45) is 1.08. The van der Waals surface area contributed by atoms with Gasteiger partial charge in [-0.1, -0.05) is 26.0 Å². The van der Waals surface area contributed by atoms with Crippen molar-refractivity contribution in [2.45, 2.75) is 20.3 Å². The number of rotatable bonds is 5. The number of primary amides is 1. The molecule has 0 heterocycles. The maximum absolute atomic E-state index is 11.1. The first kappa shape index (κ1) is 11.6. The zero-order valence-electron chi connectivity index (χ0n) is 9.29. The predicted octanol–water partition coefficient (Wildman–Crippen LogP) is 2.24. The van der Waals surface area contributed by atoms with Gasteiger partial charge in [-0.3, -0.25) is 4.79 Å². The Hall–Kier alpha value is -1.51. The van der Waals surface area contributed by atoms with Crippen molar-refractivity contribution in [1.29, 1.82) is 0 Å². The molecule has 0 aromatic heterocycles. The van der Waals surface area contributed by atoms with Gasteiger partial charge in [-0.15, -0.1) is 0 Å². The number of para-hydroxylation sites is 1. The smallest absolute Gasteiger partial charge is 0.250 e. The van der Waals surface area contributed by atoms with Crippen molar-refractivity contribution in [1.82, 2.24) is 0 Å². The fraction of sp³-hybridized carbons (Fsp3) is 0.417. The number of anilines is 1. The number of carbonyl (C=O) groups excluding carboxylic acids is 1. The molecule has 0 spiro atoms. The lowest BCUT2D eigenvalue weighted by molar-refractivity contribution is 0.100. The van der Waals surface area contributed by atoms with Crippen molar-refractivity contribution in [3.63, 3.8) is 0 Å². The Morgan fingerprint density at radius 2 is 2.07 bits per heavy atom. The fourth-order valence-electron chi connectivity index (χ4n) is 1.35. The Bertz CT molecular complexity index is 334. The van der Waals surface area contributed by atoms with Crippen molar-refractivity contribution in [2.75, 3.05) is 11.9 Å². The Kier molecular flexibility index (Phi) is 4.16. The van der Waals surface area contributed by atoms with Crippen LogP contribution in [0.4, 0.5) is 5.69 Å². The molecule has 0 aliphatic rings. The number of amides is 1. The van der Waals surface area contributed by atoms with Gasteiger partial charge in [-0.25, -0.2) is 0 Å². The van der Waals surface area contributed by atoms with E-state index < -0.39 is 0 Å². The van der Waals surface area contributed by atoms with E-state index in [1.165, 1.54) is 0 Å². The van der Waals surface area contributed by atoms with Gasteiger partial charge < -0.3 is 11.1 Å². The zero-order valence-corrected chi connectivity index (χ0v) is 9.29. The minimum absolute atomic E-state index is 0.386. The highest BCUT2D eigenvalue weighted by molar-refractivity contribution is 5.98. The summed E-state index contributed by atoms with van der Waals surface area (Å²) in [6.45, 7) is 5.20. The van der Waals surface area contributed by atoms with Crippen LogP contribution in [0.3, 0.4) is 0 Å². The van der Waals surface area contributed by atoms with E-state index in [9.17, 15) is 4.79 Å². The molecule has 82 valence electrons. The van der Waals surface area contributed by atoms with Crippen LogP contribution in [0.2, 0.25) is 0 Å². The number of hydrogen-bond donors (Lipinski definition) is 2. The minimum atomic E-state index is -0.386. The molecule has 0 unspecified atom stereocenters. The lowest BCUT2D eigenvalue weighted by atomic mass is 10.1.